The van der Waals surface area contributed by atoms with E-state index in [0.29, 0.717) is 18.7 Å². The van der Waals surface area contributed by atoms with Gasteiger partial charge in [-0.3, -0.25) is 9.78 Å². The highest BCUT2D eigenvalue weighted by Crippen LogP contribution is 2.15. The maximum atomic E-state index is 12.2. The predicted octanol–water partition coefficient (Wildman–Crippen LogP) is 3.71. The van der Waals surface area contributed by atoms with E-state index in [1.165, 1.54) is 11.8 Å². The summed E-state index contributed by atoms with van der Waals surface area (Å²) in [6.07, 6.45) is 5.32. The summed E-state index contributed by atoms with van der Waals surface area (Å²) in [4.78, 5) is 20.6. The van der Waals surface area contributed by atoms with Gasteiger partial charge in [-0.25, -0.2) is 4.98 Å². The molecule has 132 valence electrons. The van der Waals surface area contributed by atoms with Gasteiger partial charge in [-0.1, -0.05) is 18.2 Å². The van der Waals surface area contributed by atoms with Gasteiger partial charge in [0.25, 0.3) is 5.91 Å². The van der Waals surface area contributed by atoms with Crippen LogP contribution in [0.3, 0.4) is 0 Å². The van der Waals surface area contributed by atoms with Crippen LogP contribution in [0.2, 0.25) is 0 Å². The molecule has 5 nitrogen and oxygen atoms in total. The van der Waals surface area contributed by atoms with Crippen LogP contribution in [0.1, 0.15) is 21.6 Å². The monoisotopic (exact) mass is 365 g/mol. The highest BCUT2D eigenvalue weighted by atomic mass is 32.2. The van der Waals surface area contributed by atoms with Crippen LogP contribution in [-0.2, 0) is 13.2 Å². The fraction of sp³-hybridized carbons (Fsp3) is 0.150. The summed E-state index contributed by atoms with van der Waals surface area (Å²) in [6.45, 7) is 0.882. The Morgan fingerprint density at radius 1 is 1.08 bits per heavy atom. The predicted molar refractivity (Wildman–Crippen MR) is 102 cm³/mol. The molecule has 0 aliphatic heterocycles. The van der Waals surface area contributed by atoms with E-state index in [-0.39, 0.29) is 5.91 Å². The van der Waals surface area contributed by atoms with E-state index in [4.69, 9.17) is 4.74 Å². The third kappa shape index (κ3) is 5.07. The zero-order chi connectivity index (χ0) is 18.2. The van der Waals surface area contributed by atoms with E-state index in [2.05, 4.69) is 15.3 Å². The molecule has 0 radical (unpaired) electrons. The van der Waals surface area contributed by atoms with Gasteiger partial charge in [-0.15, -0.1) is 11.8 Å². The van der Waals surface area contributed by atoms with E-state index in [9.17, 15) is 4.79 Å². The first-order valence-corrected chi connectivity index (χ1v) is 9.37. The number of nitrogens with zero attached hydrogens (tertiary/aromatic N) is 2. The zero-order valence-corrected chi connectivity index (χ0v) is 15.2. The van der Waals surface area contributed by atoms with Crippen LogP contribution in [0, 0.1) is 0 Å². The van der Waals surface area contributed by atoms with E-state index in [1.807, 2.05) is 48.7 Å². The Balaban J connectivity index is 1.51. The molecule has 0 aliphatic carbocycles. The Bertz CT molecular complexity index is 854. The SMILES string of the molecule is CSc1cc(C(=O)NCc2ccc(OCc3ccccn3)cc2)ccn1. The normalized spacial score (nSPS) is 10.3. The molecule has 1 N–H and O–H groups in total. The van der Waals surface area contributed by atoms with E-state index >= 15 is 0 Å². The Hall–Kier alpha value is -2.86. The van der Waals surface area contributed by atoms with Crippen molar-refractivity contribution in [1.82, 2.24) is 15.3 Å². The summed E-state index contributed by atoms with van der Waals surface area (Å²) < 4.78 is 5.71. The van der Waals surface area contributed by atoms with Gasteiger partial charge in [0.15, 0.2) is 0 Å². The summed E-state index contributed by atoms with van der Waals surface area (Å²) in [5, 5.41) is 3.74. The molecule has 0 unspecified atom stereocenters. The number of pyridine rings is 2. The Labute approximate surface area is 156 Å². The van der Waals surface area contributed by atoms with Crippen molar-refractivity contribution < 1.29 is 9.53 Å². The van der Waals surface area contributed by atoms with Crippen LogP contribution in [0.5, 0.6) is 5.75 Å². The van der Waals surface area contributed by atoms with Crippen LogP contribution in [0.4, 0.5) is 0 Å². The third-order valence-corrected chi connectivity index (χ3v) is 4.34. The number of thioether (sulfide) groups is 1. The summed E-state index contributed by atoms with van der Waals surface area (Å²) in [7, 11) is 0. The highest BCUT2D eigenvalue weighted by molar-refractivity contribution is 7.98. The molecule has 0 spiro atoms. The van der Waals surface area contributed by atoms with Gasteiger partial charge in [0.2, 0.25) is 0 Å². The molecule has 0 atom stereocenters. The molecule has 26 heavy (non-hydrogen) atoms. The topological polar surface area (TPSA) is 64.1 Å². The average molecular weight is 365 g/mol. The van der Waals surface area contributed by atoms with Crippen LogP contribution in [-0.4, -0.2) is 22.1 Å². The van der Waals surface area contributed by atoms with Gasteiger partial charge >= 0.3 is 0 Å². The second-order valence-corrected chi connectivity index (χ2v) is 6.35. The molecular formula is C20H19N3O2S. The largest absolute Gasteiger partial charge is 0.487 e. The Morgan fingerprint density at radius 2 is 1.92 bits per heavy atom. The zero-order valence-electron chi connectivity index (χ0n) is 14.4. The lowest BCUT2D eigenvalue weighted by molar-refractivity contribution is 0.0950. The van der Waals surface area contributed by atoms with Gasteiger partial charge in [0, 0.05) is 24.5 Å². The average Bonchev–Trinajstić information content (AvgIpc) is 2.72. The van der Waals surface area contributed by atoms with E-state index in [1.54, 1.807) is 24.5 Å². The number of benzene rings is 1. The molecule has 0 fully saturated rings. The number of hydrogen-bond acceptors (Lipinski definition) is 5. The van der Waals surface area contributed by atoms with Crippen molar-refractivity contribution in [2.75, 3.05) is 6.26 Å². The lowest BCUT2D eigenvalue weighted by atomic mass is 10.2. The smallest absolute Gasteiger partial charge is 0.251 e. The van der Waals surface area contributed by atoms with Gasteiger partial charge < -0.3 is 10.1 Å². The third-order valence-electron chi connectivity index (χ3n) is 3.70. The fourth-order valence-electron chi connectivity index (χ4n) is 2.29. The summed E-state index contributed by atoms with van der Waals surface area (Å²) in [5.41, 5.74) is 2.49. The fourth-order valence-corrected chi connectivity index (χ4v) is 2.70. The molecule has 3 rings (SSSR count). The highest BCUT2D eigenvalue weighted by Gasteiger charge is 2.06. The van der Waals surface area contributed by atoms with E-state index in [0.717, 1.165) is 22.0 Å². The minimum Gasteiger partial charge on any atom is -0.487 e. The first kappa shape index (κ1) is 17.9. The lowest BCUT2D eigenvalue weighted by Gasteiger charge is -2.08. The first-order chi connectivity index (χ1) is 12.7. The summed E-state index contributed by atoms with van der Waals surface area (Å²) in [6, 6.07) is 16.9. The molecule has 0 bridgehead atoms. The molecule has 2 heterocycles. The molecule has 1 amide bonds. The molecule has 0 saturated heterocycles. The van der Waals surface area contributed by atoms with Crippen molar-refractivity contribution in [2.24, 2.45) is 0 Å². The van der Waals surface area contributed by atoms with Crippen molar-refractivity contribution >= 4 is 17.7 Å². The molecule has 2 aromatic heterocycles. The standard InChI is InChI=1S/C20H19N3O2S/c1-26-19-12-16(9-11-22-19)20(24)23-13-15-5-7-18(8-6-15)25-14-17-4-2-3-10-21-17/h2-12H,13-14H2,1H3,(H,23,24). The van der Waals surface area contributed by atoms with Crippen LogP contribution in [0.25, 0.3) is 0 Å². The quantitative estimate of drug-likeness (QED) is 0.647. The van der Waals surface area contributed by atoms with Gasteiger partial charge in [0.1, 0.15) is 12.4 Å². The molecule has 0 saturated carbocycles. The molecule has 3 aromatic rings. The maximum Gasteiger partial charge on any atom is 0.251 e. The number of rotatable bonds is 7. The molecule has 1 aromatic carbocycles. The van der Waals surface area contributed by atoms with Crippen molar-refractivity contribution in [1.29, 1.82) is 0 Å². The van der Waals surface area contributed by atoms with Crippen molar-refractivity contribution in [2.45, 2.75) is 18.2 Å². The minimum atomic E-state index is -0.113. The van der Waals surface area contributed by atoms with Gasteiger partial charge in [0.05, 0.1) is 10.7 Å². The molecule has 0 aliphatic rings. The first-order valence-electron chi connectivity index (χ1n) is 8.14. The Morgan fingerprint density at radius 3 is 2.65 bits per heavy atom. The number of aromatic nitrogens is 2. The number of nitrogens with one attached hydrogen (secondary N) is 1. The minimum absolute atomic E-state index is 0.113. The van der Waals surface area contributed by atoms with Crippen molar-refractivity contribution in [3.05, 3.63) is 83.8 Å². The van der Waals surface area contributed by atoms with Crippen LogP contribution < -0.4 is 10.1 Å². The lowest BCUT2D eigenvalue weighted by Crippen LogP contribution is -2.22. The summed E-state index contributed by atoms with van der Waals surface area (Å²) >= 11 is 1.51. The van der Waals surface area contributed by atoms with Gasteiger partial charge in [-0.05, 0) is 48.2 Å². The number of carbonyl (C=O) groups is 1. The number of ether oxygens (including phenoxy) is 1. The maximum absolute atomic E-state index is 12.2. The van der Waals surface area contributed by atoms with Crippen molar-refractivity contribution in [3.63, 3.8) is 0 Å². The number of carbonyl (C=O) groups excluding carboxylic acids is 1. The molecular weight excluding hydrogens is 346 g/mol. The second kappa shape index (κ2) is 9.01. The second-order valence-electron chi connectivity index (χ2n) is 5.52. The Kier molecular flexibility index (Phi) is 6.22. The number of amides is 1. The van der Waals surface area contributed by atoms with Crippen LogP contribution >= 0.6 is 11.8 Å². The number of hydrogen-bond donors (Lipinski definition) is 1. The summed E-state index contributed by atoms with van der Waals surface area (Å²) in [5.74, 6) is 0.655. The van der Waals surface area contributed by atoms with Crippen LogP contribution in [0.15, 0.2) is 72.0 Å². The van der Waals surface area contributed by atoms with E-state index < -0.39 is 0 Å². The molecule has 6 heteroatoms. The van der Waals surface area contributed by atoms with Gasteiger partial charge in [-0.2, -0.15) is 0 Å². The van der Waals surface area contributed by atoms with Crippen molar-refractivity contribution in [3.8, 4) is 5.75 Å².